The zero-order valence-electron chi connectivity index (χ0n) is 14.3. The van der Waals surface area contributed by atoms with E-state index in [2.05, 4.69) is 20.3 Å². The van der Waals surface area contributed by atoms with E-state index in [1.165, 1.54) is 7.05 Å². The summed E-state index contributed by atoms with van der Waals surface area (Å²) in [5, 5.41) is 10.5. The lowest BCUT2D eigenvalue weighted by Crippen LogP contribution is -2.56. The van der Waals surface area contributed by atoms with Gasteiger partial charge in [-0.05, 0) is 20.3 Å². The second-order valence-corrected chi connectivity index (χ2v) is 7.86. The van der Waals surface area contributed by atoms with E-state index in [4.69, 9.17) is 4.52 Å². The van der Waals surface area contributed by atoms with E-state index in [9.17, 15) is 13.2 Å². The van der Waals surface area contributed by atoms with Gasteiger partial charge in [0.2, 0.25) is 5.91 Å². The fourth-order valence-corrected chi connectivity index (χ4v) is 4.17. The van der Waals surface area contributed by atoms with Crippen LogP contribution in [0.4, 0.5) is 5.82 Å². The smallest absolute Gasteiger partial charge is 0.280 e. The first kappa shape index (κ1) is 17.6. The molecule has 25 heavy (non-hydrogen) atoms. The molecule has 10 nitrogen and oxygen atoms in total. The van der Waals surface area contributed by atoms with Crippen molar-refractivity contribution in [3.63, 3.8) is 0 Å². The average molecular weight is 368 g/mol. The van der Waals surface area contributed by atoms with E-state index < -0.39 is 28.2 Å². The first-order chi connectivity index (χ1) is 11.7. The van der Waals surface area contributed by atoms with Gasteiger partial charge in [0.1, 0.15) is 11.8 Å². The molecule has 1 amide bonds. The van der Waals surface area contributed by atoms with Crippen LogP contribution in [0.5, 0.6) is 0 Å². The van der Waals surface area contributed by atoms with Gasteiger partial charge < -0.3 is 9.84 Å². The number of aromatic nitrogens is 3. The maximum Gasteiger partial charge on any atom is 0.280 e. The van der Waals surface area contributed by atoms with Crippen molar-refractivity contribution < 1.29 is 17.7 Å². The number of carbonyl (C=O) groups excluding carboxylic acids is 1. The number of likely N-dealkylation sites (N-methyl/N-ethyl adjacent to an activating group) is 1. The molecule has 1 aliphatic heterocycles. The third kappa shape index (κ3) is 3.43. The Balaban J connectivity index is 1.86. The summed E-state index contributed by atoms with van der Waals surface area (Å²) in [7, 11) is -0.677. The fraction of sp³-hybridized carbons (Fsp3) is 0.500. The largest absolute Gasteiger partial charge is 0.360 e. The minimum atomic E-state index is -3.81. The molecular formula is C14H20N6O4S. The van der Waals surface area contributed by atoms with Gasteiger partial charge in [-0.25, -0.2) is 0 Å². The summed E-state index contributed by atoms with van der Waals surface area (Å²) >= 11 is 0. The molecule has 1 saturated heterocycles. The second kappa shape index (κ2) is 6.24. The Hall–Kier alpha value is -2.24. The van der Waals surface area contributed by atoms with Crippen molar-refractivity contribution in [2.45, 2.75) is 32.4 Å². The van der Waals surface area contributed by atoms with E-state index in [0.717, 1.165) is 9.87 Å². The average Bonchev–Trinajstić information content (AvgIpc) is 3.06. The number of nitrogens with zero attached hydrogens (tertiary/aromatic N) is 4. The maximum atomic E-state index is 12.6. The molecule has 1 aliphatic rings. The van der Waals surface area contributed by atoms with Crippen molar-refractivity contribution in [3.8, 4) is 0 Å². The third-order valence-electron chi connectivity index (χ3n) is 4.18. The van der Waals surface area contributed by atoms with Crippen molar-refractivity contribution >= 4 is 21.9 Å². The summed E-state index contributed by atoms with van der Waals surface area (Å²) in [5.41, 5.74) is 1.46. The van der Waals surface area contributed by atoms with E-state index in [0.29, 0.717) is 11.5 Å². The second-order valence-electron chi connectivity index (χ2n) is 6.10. The molecule has 2 aromatic heterocycles. The summed E-state index contributed by atoms with van der Waals surface area (Å²) in [4.78, 5) is 12.6. The first-order valence-electron chi connectivity index (χ1n) is 7.67. The van der Waals surface area contributed by atoms with Gasteiger partial charge in [-0.2, -0.15) is 22.5 Å². The number of nitrogens with one attached hydrogen (secondary N) is 2. The molecule has 0 bridgehead atoms. The van der Waals surface area contributed by atoms with Gasteiger partial charge in [0, 0.05) is 31.9 Å². The van der Waals surface area contributed by atoms with Gasteiger partial charge in [-0.15, -0.1) is 0 Å². The molecule has 1 fully saturated rings. The van der Waals surface area contributed by atoms with Crippen LogP contribution in [0.1, 0.15) is 29.5 Å². The van der Waals surface area contributed by atoms with E-state index in [-0.39, 0.29) is 12.2 Å². The molecule has 0 saturated carbocycles. The van der Waals surface area contributed by atoms with Crippen LogP contribution < -0.4 is 10.0 Å². The fourth-order valence-electron chi connectivity index (χ4n) is 2.91. The van der Waals surface area contributed by atoms with Crippen LogP contribution in [0.3, 0.4) is 0 Å². The Kier molecular flexibility index (Phi) is 4.39. The Labute approximate surface area is 145 Å². The Bertz CT molecular complexity index is 902. The van der Waals surface area contributed by atoms with Crippen LogP contribution in [0.15, 0.2) is 16.8 Å². The molecule has 0 spiro atoms. The molecule has 2 atom stereocenters. The van der Waals surface area contributed by atoms with Gasteiger partial charge in [0.25, 0.3) is 10.2 Å². The molecule has 2 aromatic rings. The number of anilines is 1. The predicted octanol–water partition coefficient (Wildman–Crippen LogP) is 0.243. The highest BCUT2D eigenvalue weighted by Crippen LogP contribution is 2.29. The highest BCUT2D eigenvalue weighted by Gasteiger charge is 2.41. The van der Waals surface area contributed by atoms with Crippen LogP contribution >= 0.6 is 0 Å². The topological polar surface area (TPSA) is 122 Å². The van der Waals surface area contributed by atoms with Gasteiger partial charge in [-0.1, -0.05) is 5.16 Å². The van der Waals surface area contributed by atoms with E-state index >= 15 is 0 Å². The van der Waals surface area contributed by atoms with Crippen LogP contribution in [0, 0.1) is 13.8 Å². The molecule has 0 unspecified atom stereocenters. The van der Waals surface area contributed by atoms with Crippen molar-refractivity contribution in [1.82, 2.24) is 24.0 Å². The van der Waals surface area contributed by atoms with Gasteiger partial charge >= 0.3 is 0 Å². The summed E-state index contributed by atoms with van der Waals surface area (Å²) in [6.45, 7) is 3.50. The standard InChI is InChI=1S/C14H20N6O4S/c1-8-5-13(17-24-8)15-14(21)12-6-11(18-25(22,23)20(12)4)10-7-19(3)16-9(10)2/h5,7,11-12,18H,6H2,1-4H3,(H,15,17,21)/t11-,12+/m1/s1. The van der Waals surface area contributed by atoms with Crippen molar-refractivity contribution in [3.05, 3.63) is 29.3 Å². The third-order valence-corrected chi connectivity index (χ3v) is 5.77. The number of hydrogen-bond donors (Lipinski definition) is 2. The first-order valence-corrected chi connectivity index (χ1v) is 9.11. The maximum absolute atomic E-state index is 12.6. The number of hydrogen-bond acceptors (Lipinski definition) is 6. The van der Waals surface area contributed by atoms with E-state index in [1.807, 2.05) is 0 Å². The van der Waals surface area contributed by atoms with Crippen molar-refractivity contribution in [2.75, 3.05) is 12.4 Å². The van der Waals surface area contributed by atoms with Gasteiger partial charge in [0.05, 0.1) is 11.7 Å². The number of carbonyl (C=O) groups is 1. The highest BCUT2D eigenvalue weighted by molar-refractivity contribution is 7.87. The molecule has 3 rings (SSSR count). The SMILES string of the molecule is Cc1cc(NC(=O)[C@@H]2C[C@H](c3cn(C)nc3C)NS(=O)(=O)N2C)no1. The Morgan fingerprint density at radius 3 is 2.68 bits per heavy atom. The normalized spacial score (nSPS) is 23.5. The zero-order chi connectivity index (χ0) is 18.4. The summed E-state index contributed by atoms with van der Waals surface area (Å²) < 4.78 is 35.0. The lowest BCUT2D eigenvalue weighted by atomic mass is 10.00. The number of rotatable bonds is 3. The molecular weight excluding hydrogens is 348 g/mol. The van der Waals surface area contributed by atoms with Crippen LogP contribution in [0.2, 0.25) is 0 Å². The molecule has 2 N–H and O–H groups in total. The lowest BCUT2D eigenvalue weighted by Gasteiger charge is -2.35. The van der Waals surface area contributed by atoms with E-state index in [1.54, 1.807) is 37.8 Å². The minimum absolute atomic E-state index is 0.251. The number of amides is 1. The molecule has 0 aromatic carbocycles. The summed E-state index contributed by atoms with van der Waals surface area (Å²) in [5.74, 6) is 0.332. The Morgan fingerprint density at radius 2 is 2.12 bits per heavy atom. The van der Waals surface area contributed by atoms with Gasteiger partial charge in [0.15, 0.2) is 5.82 Å². The zero-order valence-corrected chi connectivity index (χ0v) is 15.2. The predicted molar refractivity (Wildman–Crippen MR) is 88.8 cm³/mol. The van der Waals surface area contributed by atoms with Gasteiger partial charge in [-0.3, -0.25) is 9.48 Å². The monoisotopic (exact) mass is 368 g/mol. The van der Waals surface area contributed by atoms with Crippen molar-refractivity contribution in [1.29, 1.82) is 0 Å². The number of aryl methyl sites for hydroxylation is 3. The quantitative estimate of drug-likeness (QED) is 0.800. The summed E-state index contributed by atoms with van der Waals surface area (Å²) in [6, 6.07) is 0.147. The molecule has 136 valence electrons. The summed E-state index contributed by atoms with van der Waals surface area (Å²) in [6.07, 6.45) is 2.02. The Morgan fingerprint density at radius 1 is 1.40 bits per heavy atom. The minimum Gasteiger partial charge on any atom is -0.360 e. The lowest BCUT2D eigenvalue weighted by molar-refractivity contribution is -0.120. The molecule has 3 heterocycles. The highest BCUT2D eigenvalue weighted by atomic mass is 32.2. The van der Waals surface area contributed by atoms with Crippen LogP contribution in [-0.4, -0.2) is 46.7 Å². The molecule has 0 aliphatic carbocycles. The van der Waals surface area contributed by atoms with Crippen LogP contribution in [-0.2, 0) is 22.1 Å². The van der Waals surface area contributed by atoms with Crippen molar-refractivity contribution in [2.24, 2.45) is 7.05 Å². The van der Waals surface area contributed by atoms with Crippen LogP contribution in [0.25, 0.3) is 0 Å². The molecule has 11 heteroatoms. The molecule has 0 radical (unpaired) electrons.